The van der Waals surface area contributed by atoms with Crippen molar-refractivity contribution in [2.45, 2.75) is 33.7 Å². The molecule has 2 N–H and O–H groups in total. The molecule has 0 amide bonds. The Labute approximate surface area is 188 Å². The molecule has 1 atom stereocenters. The maximum atomic E-state index is 12.4. The fourth-order valence-corrected chi connectivity index (χ4v) is 3.00. The van der Waals surface area contributed by atoms with Crippen molar-refractivity contribution >= 4 is 17.8 Å². The van der Waals surface area contributed by atoms with Gasteiger partial charge in [0, 0.05) is 36.7 Å². The van der Waals surface area contributed by atoms with E-state index in [1.807, 2.05) is 27.7 Å². The first-order chi connectivity index (χ1) is 15.1. The van der Waals surface area contributed by atoms with Gasteiger partial charge in [0.15, 0.2) is 5.43 Å². The summed E-state index contributed by atoms with van der Waals surface area (Å²) in [6.45, 7) is 9.73. The van der Waals surface area contributed by atoms with E-state index < -0.39 is 11.4 Å². The molecule has 8 heteroatoms. The Morgan fingerprint density at radius 1 is 1.25 bits per heavy atom. The second kappa shape index (κ2) is 11.1. The van der Waals surface area contributed by atoms with Crippen LogP contribution in [-0.4, -0.2) is 54.9 Å². The summed E-state index contributed by atoms with van der Waals surface area (Å²) < 4.78 is 17.8. The number of allylic oxidation sites excluding steroid dienone is 4. The van der Waals surface area contributed by atoms with E-state index in [4.69, 9.17) is 19.6 Å². The summed E-state index contributed by atoms with van der Waals surface area (Å²) in [4.78, 5) is 23.9. The number of carbonyl (C=O) groups is 1. The number of rotatable bonds is 10. The van der Waals surface area contributed by atoms with Gasteiger partial charge in [0.1, 0.15) is 23.6 Å². The van der Waals surface area contributed by atoms with Crippen molar-refractivity contribution in [1.29, 1.82) is 5.41 Å². The van der Waals surface area contributed by atoms with Crippen LogP contribution in [0.3, 0.4) is 0 Å². The zero-order chi connectivity index (χ0) is 23.9. The lowest BCUT2D eigenvalue weighted by atomic mass is 9.87. The molecular weight excluding hydrogens is 412 g/mol. The molecule has 1 aliphatic rings. The number of carboxylic acid groups (broad SMARTS) is 1. The normalized spacial score (nSPS) is 16.2. The third-order valence-electron chi connectivity index (χ3n) is 5.29. The standard InChI is InChI=1S/C24H32N2O6/c1-16(24(2,3)4)26-15-19(23(28)29)20(27)14-18(26)13-17-7-6-8-21(22(17)25)32-12-11-31-10-9-30-5/h6-8,13-16,25H,9-12H2,1-5H3,(H,28,29)/b17-13+,25-22?. The van der Waals surface area contributed by atoms with Crippen LogP contribution in [0.2, 0.25) is 0 Å². The van der Waals surface area contributed by atoms with Crippen molar-refractivity contribution in [3.8, 4) is 0 Å². The van der Waals surface area contributed by atoms with Gasteiger partial charge in [0.25, 0.3) is 0 Å². The monoisotopic (exact) mass is 444 g/mol. The van der Waals surface area contributed by atoms with Crippen LogP contribution in [0.15, 0.2) is 46.6 Å². The van der Waals surface area contributed by atoms with Crippen molar-refractivity contribution in [3.63, 3.8) is 0 Å². The Balaban J connectivity index is 2.31. The highest BCUT2D eigenvalue weighted by Crippen LogP contribution is 2.31. The molecule has 32 heavy (non-hydrogen) atoms. The minimum atomic E-state index is -1.26. The van der Waals surface area contributed by atoms with Crippen molar-refractivity contribution in [3.05, 3.63) is 63.3 Å². The molecule has 0 spiro atoms. The average molecular weight is 445 g/mol. The second-order valence-electron chi connectivity index (χ2n) is 8.55. The molecule has 1 heterocycles. The third-order valence-corrected chi connectivity index (χ3v) is 5.29. The molecule has 0 saturated carbocycles. The number of pyridine rings is 1. The lowest BCUT2D eigenvalue weighted by molar-refractivity contribution is 0.0440. The van der Waals surface area contributed by atoms with E-state index in [1.165, 1.54) is 12.3 Å². The van der Waals surface area contributed by atoms with E-state index in [2.05, 4.69) is 0 Å². The minimum absolute atomic E-state index is 0.106. The SMILES string of the molecule is COCCOCCOC1=CC=C/C(=C\c2cc(=O)c(C(=O)O)cn2C(C)C(C)(C)C)C1=N. The van der Waals surface area contributed by atoms with Crippen LogP contribution in [0.25, 0.3) is 6.08 Å². The van der Waals surface area contributed by atoms with Crippen molar-refractivity contribution in [2.24, 2.45) is 5.41 Å². The number of aromatic carboxylic acids is 1. The molecule has 0 radical (unpaired) electrons. The Hall–Kier alpha value is -2.97. The number of methoxy groups -OCH3 is 1. The first-order valence-electron chi connectivity index (χ1n) is 10.4. The Kier molecular flexibility index (Phi) is 8.74. The van der Waals surface area contributed by atoms with Gasteiger partial charge in [-0.25, -0.2) is 4.79 Å². The van der Waals surface area contributed by atoms with Gasteiger partial charge in [-0.3, -0.25) is 10.2 Å². The molecular formula is C24H32N2O6. The Morgan fingerprint density at radius 3 is 2.56 bits per heavy atom. The van der Waals surface area contributed by atoms with Crippen LogP contribution in [0, 0.1) is 10.8 Å². The van der Waals surface area contributed by atoms with Crippen LogP contribution in [0.1, 0.15) is 49.8 Å². The molecule has 1 aromatic rings. The molecule has 8 nitrogen and oxygen atoms in total. The van der Waals surface area contributed by atoms with Crippen LogP contribution >= 0.6 is 0 Å². The third kappa shape index (κ3) is 6.51. The number of aromatic nitrogens is 1. The summed E-state index contributed by atoms with van der Waals surface area (Å²) in [5.74, 6) is -0.866. The topological polar surface area (TPSA) is 111 Å². The molecule has 0 saturated heterocycles. The molecule has 0 bridgehead atoms. The van der Waals surface area contributed by atoms with Gasteiger partial charge in [-0.05, 0) is 24.5 Å². The maximum Gasteiger partial charge on any atom is 0.341 e. The zero-order valence-corrected chi connectivity index (χ0v) is 19.3. The van der Waals surface area contributed by atoms with Gasteiger partial charge in [-0.15, -0.1) is 0 Å². The number of nitrogens with zero attached hydrogens (tertiary/aromatic N) is 1. The summed E-state index contributed by atoms with van der Waals surface area (Å²) in [5, 5.41) is 17.9. The van der Waals surface area contributed by atoms with Gasteiger partial charge < -0.3 is 23.9 Å². The number of nitrogens with one attached hydrogen (secondary N) is 1. The second-order valence-corrected chi connectivity index (χ2v) is 8.55. The van der Waals surface area contributed by atoms with E-state index in [0.29, 0.717) is 36.8 Å². The summed E-state index contributed by atoms with van der Waals surface area (Å²) in [7, 11) is 1.60. The molecule has 2 rings (SSSR count). The molecule has 1 aliphatic carbocycles. The minimum Gasteiger partial charge on any atom is -0.489 e. The summed E-state index contributed by atoms with van der Waals surface area (Å²) in [6, 6.07) is 1.20. The molecule has 1 unspecified atom stereocenters. The van der Waals surface area contributed by atoms with Crippen LogP contribution in [0.5, 0.6) is 0 Å². The fourth-order valence-electron chi connectivity index (χ4n) is 3.00. The lowest BCUT2D eigenvalue weighted by Gasteiger charge is -2.31. The first kappa shape index (κ1) is 25.3. The lowest BCUT2D eigenvalue weighted by Crippen LogP contribution is -2.27. The van der Waals surface area contributed by atoms with Crippen LogP contribution < -0.4 is 5.43 Å². The van der Waals surface area contributed by atoms with E-state index in [1.54, 1.807) is 36.0 Å². The van der Waals surface area contributed by atoms with Crippen LogP contribution in [-0.2, 0) is 14.2 Å². The van der Waals surface area contributed by atoms with Crippen molar-refractivity contribution < 1.29 is 24.1 Å². The maximum absolute atomic E-state index is 12.4. The van der Waals surface area contributed by atoms with Gasteiger partial charge in [-0.2, -0.15) is 0 Å². The van der Waals surface area contributed by atoms with E-state index in [9.17, 15) is 14.7 Å². The van der Waals surface area contributed by atoms with Crippen molar-refractivity contribution in [2.75, 3.05) is 33.5 Å². The van der Waals surface area contributed by atoms with E-state index in [0.717, 1.165) is 0 Å². The number of hydrogen-bond acceptors (Lipinski definition) is 6. The number of hydrogen-bond donors (Lipinski definition) is 2. The van der Waals surface area contributed by atoms with Crippen molar-refractivity contribution in [1.82, 2.24) is 4.57 Å². The quantitative estimate of drug-likeness (QED) is 0.533. The Bertz CT molecular complexity index is 995. The number of ether oxygens (including phenoxy) is 3. The number of carboxylic acids is 1. The zero-order valence-electron chi connectivity index (χ0n) is 19.3. The van der Waals surface area contributed by atoms with Gasteiger partial charge >= 0.3 is 5.97 Å². The van der Waals surface area contributed by atoms with Gasteiger partial charge in [-0.1, -0.05) is 32.9 Å². The van der Waals surface area contributed by atoms with Crippen LogP contribution in [0.4, 0.5) is 0 Å². The predicted molar refractivity (Wildman–Crippen MR) is 123 cm³/mol. The highest BCUT2D eigenvalue weighted by atomic mass is 16.5. The first-order valence-corrected chi connectivity index (χ1v) is 10.4. The summed E-state index contributed by atoms with van der Waals surface area (Å²) >= 11 is 0. The molecule has 1 aromatic heterocycles. The predicted octanol–water partition coefficient (Wildman–Crippen LogP) is 3.69. The Morgan fingerprint density at radius 2 is 1.94 bits per heavy atom. The highest BCUT2D eigenvalue weighted by molar-refractivity contribution is 6.14. The molecule has 0 aromatic carbocycles. The summed E-state index contributed by atoms with van der Waals surface area (Å²) in [6.07, 6.45) is 8.32. The average Bonchev–Trinajstić information content (AvgIpc) is 2.71. The largest absolute Gasteiger partial charge is 0.489 e. The summed E-state index contributed by atoms with van der Waals surface area (Å²) in [5.41, 5.74) is 0.207. The molecule has 0 aliphatic heterocycles. The van der Waals surface area contributed by atoms with E-state index in [-0.39, 0.29) is 29.3 Å². The molecule has 174 valence electrons. The smallest absolute Gasteiger partial charge is 0.341 e. The molecule has 0 fully saturated rings. The van der Waals surface area contributed by atoms with Gasteiger partial charge in [0.05, 0.1) is 19.8 Å². The highest BCUT2D eigenvalue weighted by Gasteiger charge is 2.25. The van der Waals surface area contributed by atoms with Gasteiger partial charge in [0.2, 0.25) is 0 Å². The fraction of sp³-hybridized carbons (Fsp3) is 0.458. The van der Waals surface area contributed by atoms with E-state index >= 15 is 0 Å².